The Kier molecular flexibility index (Phi) is 4.57. The Bertz CT molecular complexity index is 660. The average Bonchev–Trinajstić information content (AvgIpc) is 2.73. The molecule has 0 radical (unpaired) electrons. The predicted molar refractivity (Wildman–Crippen MR) is 92.0 cm³/mol. The van der Waals surface area contributed by atoms with E-state index in [2.05, 4.69) is 32.9 Å². The number of nitrogens with two attached hydrogens (primary N) is 1. The van der Waals surface area contributed by atoms with E-state index in [4.69, 9.17) is 5.73 Å². The highest BCUT2D eigenvalue weighted by molar-refractivity contribution is 7.21. The van der Waals surface area contributed by atoms with Crippen LogP contribution in [0.3, 0.4) is 0 Å². The first-order valence-electron chi connectivity index (χ1n) is 7.37. The lowest BCUT2D eigenvalue weighted by molar-refractivity contribution is 0.0734. The van der Waals surface area contributed by atoms with Gasteiger partial charge in [-0.15, -0.1) is 11.3 Å². The summed E-state index contributed by atoms with van der Waals surface area (Å²) in [6.45, 7) is 8.47. The fourth-order valence-electron chi connectivity index (χ4n) is 2.59. The maximum Gasteiger partial charge on any atom is 0.266 e. The molecule has 0 fully saturated rings. The van der Waals surface area contributed by atoms with Crippen LogP contribution in [0, 0.1) is 12.8 Å². The van der Waals surface area contributed by atoms with Gasteiger partial charge in [-0.2, -0.15) is 0 Å². The van der Waals surface area contributed by atoms with Crippen molar-refractivity contribution < 1.29 is 4.79 Å². The van der Waals surface area contributed by atoms with E-state index >= 15 is 0 Å². The molecular formula is C17H24N2OS. The van der Waals surface area contributed by atoms with Crippen LogP contribution >= 0.6 is 11.3 Å². The quantitative estimate of drug-likeness (QED) is 0.915. The number of aryl methyl sites for hydroxylation is 1. The van der Waals surface area contributed by atoms with Gasteiger partial charge in [0.2, 0.25) is 0 Å². The van der Waals surface area contributed by atoms with Gasteiger partial charge in [-0.3, -0.25) is 4.79 Å². The van der Waals surface area contributed by atoms with Gasteiger partial charge in [0.05, 0.1) is 5.69 Å². The molecule has 0 spiro atoms. The third-order valence-electron chi connectivity index (χ3n) is 3.87. The van der Waals surface area contributed by atoms with E-state index in [0.717, 1.165) is 22.1 Å². The minimum absolute atomic E-state index is 0.0273. The van der Waals surface area contributed by atoms with Gasteiger partial charge in [-0.05, 0) is 38.3 Å². The van der Waals surface area contributed by atoms with Crippen LogP contribution in [0.15, 0.2) is 18.2 Å². The van der Waals surface area contributed by atoms with Gasteiger partial charge in [-0.25, -0.2) is 0 Å². The van der Waals surface area contributed by atoms with Gasteiger partial charge in [0.15, 0.2) is 0 Å². The molecule has 0 saturated heterocycles. The van der Waals surface area contributed by atoms with Gasteiger partial charge in [-0.1, -0.05) is 25.5 Å². The number of nitrogens with zero attached hydrogens (tertiary/aromatic N) is 1. The summed E-state index contributed by atoms with van der Waals surface area (Å²) in [7, 11) is 1.87. The zero-order valence-corrected chi connectivity index (χ0v) is 14.3. The number of carbonyl (C=O) groups excluding carboxylic acids is 1. The zero-order chi connectivity index (χ0) is 15.7. The van der Waals surface area contributed by atoms with Crippen molar-refractivity contribution in [3.8, 4) is 0 Å². The molecule has 2 rings (SSSR count). The van der Waals surface area contributed by atoms with Crippen LogP contribution in [-0.4, -0.2) is 23.9 Å². The molecule has 2 N–H and O–H groups in total. The van der Waals surface area contributed by atoms with Gasteiger partial charge in [0.1, 0.15) is 4.88 Å². The van der Waals surface area contributed by atoms with E-state index in [1.165, 1.54) is 11.3 Å². The Morgan fingerprint density at radius 2 is 2.00 bits per heavy atom. The first-order chi connectivity index (χ1) is 9.81. The summed E-state index contributed by atoms with van der Waals surface area (Å²) >= 11 is 1.49. The third-order valence-corrected chi connectivity index (χ3v) is 5.04. The lowest BCUT2D eigenvalue weighted by atomic mass is 10.0. The molecule has 0 aliphatic carbocycles. The molecule has 1 heterocycles. The first-order valence-corrected chi connectivity index (χ1v) is 8.18. The lowest BCUT2D eigenvalue weighted by Crippen LogP contribution is -2.35. The standard InChI is InChI=1S/C17H24N2OS/c1-10(2)8-12(4)19(5)17(20)16-15(18)13-9-11(3)6-7-14(13)21-16/h6-7,9-10,12H,8,18H2,1-5H3. The number of hydrogen-bond acceptors (Lipinski definition) is 3. The second kappa shape index (κ2) is 6.06. The van der Waals surface area contributed by atoms with Gasteiger partial charge in [0, 0.05) is 23.2 Å². The molecule has 0 bridgehead atoms. The largest absolute Gasteiger partial charge is 0.397 e. The van der Waals surface area contributed by atoms with Crippen molar-refractivity contribution >= 4 is 33.0 Å². The minimum Gasteiger partial charge on any atom is -0.397 e. The van der Waals surface area contributed by atoms with Crippen LogP contribution in [0.25, 0.3) is 10.1 Å². The Morgan fingerprint density at radius 1 is 1.33 bits per heavy atom. The lowest BCUT2D eigenvalue weighted by Gasteiger charge is -2.26. The highest BCUT2D eigenvalue weighted by Gasteiger charge is 2.23. The summed E-state index contributed by atoms with van der Waals surface area (Å²) in [5.41, 5.74) is 7.99. The molecule has 2 aromatic rings. The van der Waals surface area contributed by atoms with Crippen molar-refractivity contribution in [2.24, 2.45) is 5.92 Å². The maximum absolute atomic E-state index is 12.7. The number of hydrogen-bond donors (Lipinski definition) is 1. The number of thiophene rings is 1. The highest BCUT2D eigenvalue weighted by atomic mass is 32.1. The summed E-state index contributed by atoms with van der Waals surface area (Å²) in [5, 5.41) is 0.994. The van der Waals surface area contributed by atoms with Crippen LogP contribution < -0.4 is 5.73 Å². The fraction of sp³-hybridized carbons (Fsp3) is 0.471. The monoisotopic (exact) mass is 304 g/mol. The molecule has 0 saturated carbocycles. The van der Waals surface area contributed by atoms with Crippen LogP contribution in [-0.2, 0) is 0 Å². The van der Waals surface area contributed by atoms with E-state index in [-0.39, 0.29) is 11.9 Å². The smallest absolute Gasteiger partial charge is 0.266 e. The fourth-order valence-corrected chi connectivity index (χ4v) is 3.68. The number of fused-ring (bicyclic) bond motifs is 1. The number of nitrogen functional groups attached to an aromatic ring is 1. The molecule has 1 aromatic carbocycles. The number of rotatable bonds is 4. The molecule has 1 amide bonds. The van der Waals surface area contributed by atoms with Gasteiger partial charge >= 0.3 is 0 Å². The first kappa shape index (κ1) is 15.8. The molecule has 0 aliphatic heterocycles. The van der Waals surface area contributed by atoms with Crippen LogP contribution in [0.4, 0.5) is 5.69 Å². The van der Waals surface area contributed by atoms with Crippen molar-refractivity contribution in [2.45, 2.75) is 40.2 Å². The molecule has 114 valence electrons. The number of benzene rings is 1. The normalized spacial score (nSPS) is 12.9. The SMILES string of the molecule is Cc1ccc2sc(C(=O)N(C)C(C)CC(C)C)c(N)c2c1. The summed E-state index contributed by atoms with van der Waals surface area (Å²) in [6.07, 6.45) is 0.992. The summed E-state index contributed by atoms with van der Waals surface area (Å²) in [5.74, 6) is 0.595. The summed E-state index contributed by atoms with van der Waals surface area (Å²) < 4.78 is 1.08. The van der Waals surface area contributed by atoms with Crippen molar-refractivity contribution in [1.82, 2.24) is 4.90 Å². The molecule has 1 unspecified atom stereocenters. The molecular weight excluding hydrogens is 280 g/mol. The molecule has 1 atom stereocenters. The Balaban J connectivity index is 2.33. The molecule has 21 heavy (non-hydrogen) atoms. The maximum atomic E-state index is 12.7. The number of amides is 1. The van der Waals surface area contributed by atoms with Crippen LogP contribution in [0.2, 0.25) is 0 Å². The predicted octanol–water partition coefficient (Wildman–Crippen LogP) is 4.30. The van der Waals surface area contributed by atoms with E-state index in [0.29, 0.717) is 16.5 Å². The Morgan fingerprint density at radius 3 is 2.62 bits per heavy atom. The molecule has 3 nitrogen and oxygen atoms in total. The van der Waals surface area contributed by atoms with E-state index in [9.17, 15) is 4.79 Å². The molecule has 1 aromatic heterocycles. The van der Waals surface area contributed by atoms with Gasteiger partial charge < -0.3 is 10.6 Å². The number of carbonyl (C=O) groups is 1. The highest BCUT2D eigenvalue weighted by Crippen LogP contribution is 2.35. The Labute approximate surface area is 130 Å². The van der Waals surface area contributed by atoms with E-state index in [1.54, 1.807) is 0 Å². The van der Waals surface area contributed by atoms with Crippen LogP contribution in [0.1, 0.15) is 42.4 Å². The van der Waals surface area contributed by atoms with Crippen molar-refractivity contribution in [2.75, 3.05) is 12.8 Å². The summed E-state index contributed by atoms with van der Waals surface area (Å²) in [6, 6.07) is 6.36. The van der Waals surface area contributed by atoms with Crippen molar-refractivity contribution in [3.05, 3.63) is 28.6 Å². The zero-order valence-electron chi connectivity index (χ0n) is 13.4. The Hall–Kier alpha value is -1.55. The van der Waals surface area contributed by atoms with Crippen LogP contribution in [0.5, 0.6) is 0 Å². The van der Waals surface area contributed by atoms with Crippen molar-refractivity contribution in [1.29, 1.82) is 0 Å². The van der Waals surface area contributed by atoms with Crippen molar-refractivity contribution in [3.63, 3.8) is 0 Å². The summed E-state index contributed by atoms with van der Waals surface area (Å²) in [4.78, 5) is 15.2. The molecule has 0 aliphatic rings. The second-order valence-corrected chi connectivity index (χ2v) is 7.29. The number of anilines is 1. The second-order valence-electron chi connectivity index (χ2n) is 6.24. The topological polar surface area (TPSA) is 46.3 Å². The van der Waals surface area contributed by atoms with E-state index in [1.807, 2.05) is 24.9 Å². The molecule has 4 heteroatoms. The van der Waals surface area contributed by atoms with Gasteiger partial charge in [0.25, 0.3) is 5.91 Å². The minimum atomic E-state index is 0.0273. The third kappa shape index (κ3) is 3.21. The average molecular weight is 304 g/mol. The van der Waals surface area contributed by atoms with E-state index < -0.39 is 0 Å².